The number of nitrogens with one attached hydrogen (secondary N) is 1. The minimum atomic E-state index is 0.194. The van der Waals surface area contributed by atoms with Gasteiger partial charge in [0.1, 0.15) is 0 Å². The summed E-state index contributed by atoms with van der Waals surface area (Å²) in [4.78, 5) is 1.20. The van der Waals surface area contributed by atoms with Crippen molar-refractivity contribution in [1.29, 1.82) is 0 Å². The zero-order valence-electron chi connectivity index (χ0n) is 9.66. The van der Waals surface area contributed by atoms with Gasteiger partial charge < -0.3 is 0 Å². The quantitative estimate of drug-likeness (QED) is 0.578. The summed E-state index contributed by atoms with van der Waals surface area (Å²) in [5.41, 5.74) is 3.97. The third-order valence-electron chi connectivity index (χ3n) is 2.70. The number of hydrogen-bond donors (Lipinski definition) is 2. The summed E-state index contributed by atoms with van der Waals surface area (Å²) in [7, 11) is 0. The highest BCUT2D eigenvalue weighted by molar-refractivity contribution is 7.05. The molecule has 0 saturated carbocycles. The van der Waals surface area contributed by atoms with Crippen molar-refractivity contribution in [1.82, 2.24) is 15.0 Å². The molecule has 5 heteroatoms. The van der Waals surface area contributed by atoms with Crippen molar-refractivity contribution >= 4 is 11.5 Å². The topological polar surface area (TPSA) is 63.8 Å². The van der Waals surface area contributed by atoms with Gasteiger partial charge >= 0.3 is 0 Å². The maximum Gasteiger partial charge on any atom is 0.0801 e. The lowest BCUT2D eigenvalue weighted by molar-refractivity contribution is 0.371. The van der Waals surface area contributed by atoms with Gasteiger partial charge in [0.2, 0.25) is 0 Å². The molecule has 0 spiro atoms. The second-order valence-electron chi connectivity index (χ2n) is 3.85. The van der Waals surface area contributed by atoms with Gasteiger partial charge in [-0.3, -0.25) is 11.3 Å². The summed E-state index contributed by atoms with van der Waals surface area (Å²) in [6.45, 7) is 6.50. The molecule has 2 unspecified atom stereocenters. The van der Waals surface area contributed by atoms with E-state index in [4.69, 9.17) is 5.84 Å². The number of hydrazine groups is 1. The molecular formula is C10H20N4S. The highest BCUT2D eigenvalue weighted by atomic mass is 32.1. The van der Waals surface area contributed by atoms with E-state index in [0.29, 0.717) is 5.92 Å². The van der Waals surface area contributed by atoms with Crippen LogP contribution in [0.15, 0.2) is 0 Å². The van der Waals surface area contributed by atoms with E-state index in [1.54, 1.807) is 0 Å². The normalized spacial score (nSPS) is 15.2. The fraction of sp³-hybridized carbons (Fsp3) is 0.800. The number of nitrogens with zero attached hydrogens (tertiary/aromatic N) is 2. The molecule has 0 aliphatic rings. The van der Waals surface area contributed by atoms with E-state index in [2.05, 4.69) is 35.8 Å². The molecular weight excluding hydrogens is 208 g/mol. The van der Waals surface area contributed by atoms with Gasteiger partial charge in [0.05, 0.1) is 16.6 Å². The number of aromatic nitrogens is 2. The summed E-state index contributed by atoms with van der Waals surface area (Å²) >= 11 is 1.46. The van der Waals surface area contributed by atoms with E-state index >= 15 is 0 Å². The molecule has 1 aromatic heterocycles. The Bertz CT molecular complexity index is 287. The SMILES string of the molecule is CCCC(C)C(NN)c1snnc1CC. The molecule has 4 nitrogen and oxygen atoms in total. The maximum absolute atomic E-state index is 5.62. The number of hydrogen-bond acceptors (Lipinski definition) is 5. The van der Waals surface area contributed by atoms with E-state index in [1.165, 1.54) is 22.8 Å². The standard InChI is InChI=1S/C10H20N4S/c1-4-6-7(3)9(12-11)10-8(5-2)13-14-15-10/h7,9,12H,4-6,11H2,1-3H3. The van der Waals surface area contributed by atoms with Crippen LogP contribution in [0.5, 0.6) is 0 Å². The average Bonchev–Trinajstić information content (AvgIpc) is 2.67. The molecule has 0 radical (unpaired) electrons. The van der Waals surface area contributed by atoms with Gasteiger partial charge in [-0.2, -0.15) is 0 Å². The van der Waals surface area contributed by atoms with Crippen LogP contribution in [0, 0.1) is 5.92 Å². The zero-order valence-corrected chi connectivity index (χ0v) is 10.5. The molecule has 0 bridgehead atoms. The van der Waals surface area contributed by atoms with Gasteiger partial charge in [0.15, 0.2) is 0 Å². The van der Waals surface area contributed by atoms with Gasteiger partial charge in [0.25, 0.3) is 0 Å². The van der Waals surface area contributed by atoms with Crippen LogP contribution in [0.3, 0.4) is 0 Å². The lowest BCUT2D eigenvalue weighted by Crippen LogP contribution is -2.32. The van der Waals surface area contributed by atoms with Crippen LogP contribution in [0.2, 0.25) is 0 Å². The predicted molar refractivity (Wildman–Crippen MR) is 63.4 cm³/mol. The second kappa shape index (κ2) is 6.15. The third-order valence-corrected chi connectivity index (χ3v) is 3.54. The van der Waals surface area contributed by atoms with Crippen LogP contribution < -0.4 is 11.3 Å². The number of aryl methyl sites for hydroxylation is 1. The minimum Gasteiger partial charge on any atom is -0.271 e. The van der Waals surface area contributed by atoms with Gasteiger partial charge in [-0.1, -0.05) is 31.7 Å². The Kier molecular flexibility index (Phi) is 5.14. The van der Waals surface area contributed by atoms with E-state index in [1.807, 2.05) is 0 Å². The highest BCUT2D eigenvalue weighted by Gasteiger charge is 2.22. The van der Waals surface area contributed by atoms with Crippen molar-refractivity contribution in [2.24, 2.45) is 11.8 Å². The molecule has 1 aromatic rings. The predicted octanol–water partition coefficient (Wildman–Crippen LogP) is 2.04. The van der Waals surface area contributed by atoms with Crippen LogP contribution in [-0.4, -0.2) is 9.59 Å². The summed E-state index contributed by atoms with van der Waals surface area (Å²) in [5, 5.41) is 4.12. The smallest absolute Gasteiger partial charge is 0.0801 e. The molecule has 1 rings (SSSR count). The van der Waals surface area contributed by atoms with E-state index in [-0.39, 0.29) is 6.04 Å². The van der Waals surface area contributed by atoms with Crippen molar-refractivity contribution < 1.29 is 0 Å². The van der Waals surface area contributed by atoms with Crippen molar-refractivity contribution in [2.75, 3.05) is 0 Å². The van der Waals surface area contributed by atoms with Gasteiger partial charge in [-0.25, -0.2) is 0 Å². The number of nitrogens with two attached hydrogens (primary N) is 1. The van der Waals surface area contributed by atoms with Crippen LogP contribution in [0.4, 0.5) is 0 Å². The Labute approximate surface area is 95.4 Å². The van der Waals surface area contributed by atoms with E-state index < -0.39 is 0 Å². The first kappa shape index (κ1) is 12.5. The number of rotatable bonds is 6. The second-order valence-corrected chi connectivity index (χ2v) is 4.63. The Morgan fingerprint density at radius 1 is 1.47 bits per heavy atom. The van der Waals surface area contributed by atoms with Crippen LogP contribution in [0.1, 0.15) is 50.2 Å². The van der Waals surface area contributed by atoms with Gasteiger partial charge in [0, 0.05) is 0 Å². The molecule has 0 amide bonds. The van der Waals surface area contributed by atoms with E-state index in [9.17, 15) is 0 Å². The maximum atomic E-state index is 5.62. The lowest BCUT2D eigenvalue weighted by Gasteiger charge is -2.21. The zero-order chi connectivity index (χ0) is 11.3. The van der Waals surface area contributed by atoms with Gasteiger partial charge in [-0.05, 0) is 30.3 Å². The first-order valence-electron chi connectivity index (χ1n) is 5.51. The van der Waals surface area contributed by atoms with Crippen LogP contribution in [0.25, 0.3) is 0 Å². The fourth-order valence-corrected chi connectivity index (χ4v) is 2.75. The van der Waals surface area contributed by atoms with Crippen LogP contribution >= 0.6 is 11.5 Å². The molecule has 0 aliphatic carbocycles. The molecule has 0 aliphatic heterocycles. The van der Waals surface area contributed by atoms with Crippen LogP contribution in [-0.2, 0) is 6.42 Å². The molecule has 0 aromatic carbocycles. The molecule has 2 atom stereocenters. The first-order chi connectivity index (χ1) is 7.24. The minimum absolute atomic E-state index is 0.194. The Hall–Kier alpha value is -0.520. The summed E-state index contributed by atoms with van der Waals surface area (Å²) in [6.07, 6.45) is 3.26. The van der Waals surface area contributed by atoms with E-state index in [0.717, 1.165) is 18.5 Å². The third kappa shape index (κ3) is 2.96. The van der Waals surface area contributed by atoms with Crippen molar-refractivity contribution in [3.63, 3.8) is 0 Å². The summed E-state index contributed by atoms with van der Waals surface area (Å²) in [6, 6.07) is 0.194. The fourth-order valence-electron chi connectivity index (χ4n) is 1.82. The Balaban J connectivity index is 2.81. The monoisotopic (exact) mass is 228 g/mol. The molecule has 0 fully saturated rings. The molecule has 1 heterocycles. The van der Waals surface area contributed by atoms with Gasteiger partial charge in [-0.15, -0.1) is 5.10 Å². The molecule has 0 saturated heterocycles. The Morgan fingerprint density at radius 2 is 2.20 bits per heavy atom. The largest absolute Gasteiger partial charge is 0.271 e. The molecule has 3 N–H and O–H groups in total. The van der Waals surface area contributed by atoms with Crippen molar-refractivity contribution in [2.45, 2.75) is 46.1 Å². The molecule has 86 valence electrons. The van der Waals surface area contributed by atoms with Crippen molar-refractivity contribution in [3.8, 4) is 0 Å². The first-order valence-corrected chi connectivity index (χ1v) is 6.29. The Morgan fingerprint density at radius 3 is 2.73 bits per heavy atom. The van der Waals surface area contributed by atoms with Crippen molar-refractivity contribution in [3.05, 3.63) is 10.6 Å². The molecule has 15 heavy (non-hydrogen) atoms. The average molecular weight is 228 g/mol. The summed E-state index contributed by atoms with van der Waals surface area (Å²) in [5.74, 6) is 6.14. The summed E-state index contributed by atoms with van der Waals surface area (Å²) < 4.78 is 4.00. The highest BCUT2D eigenvalue weighted by Crippen LogP contribution is 2.29. The lowest BCUT2D eigenvalue weighted by atomic mass is 9.95.